The lowest BCUT2D eigenvalue weighted by molar-refractivity contribution is -0.150. The number of nitrogens with zero attached hydrogens (tertiary/aromatic N) is 2. The molecule has 1 radical (unpaired) electrons. The number of carbonyl (C=O) groups excluding carboxylic acids is 1. The van der Waals surface area contributed by atoms with Gasteiger partial charge < -0.3 is 15.7 Å². The van der Waals surface area contributed by atoms with Crippen LogP contribution in [0.1, 0.15) is 19.0 Å². The van der Waals surface area contributed by atoms with E-state index in [1.54, 1.807) is 6.92 Å². The largest absolute Gasteiger partial charge is 0.478 e. The number of oxime groups is 1. The lowest BCUT2D eigenvalue weighted by atomic mass is 10.3. The molecule has 0 bridgehead atoms. The first-order valence-electron chi connectivity index (χ1n) is 4.64. The van der Waals surface area contributed by atoms with Crippen LogP contribution in [0.4, 0.5) is 5.13 Å². The number of nitrogen functional groups attached to an aromatic ring is 1. The molecule has 1 heterocycles. The highest BCUT2D eigenvalue weighted by Crippen LogP contribution is 2.12. The molecule has 1 rings (SSSR count). The fourth-order valence-electron chi connectivity index (χ4n) is 0.925. The Morgan fingerprint density at radius 3 is 2.94 bits per heavy atom. The molecule has 0 aliphatic heterocycles. The lowest BCUT2D eigenvalue weighted by Crippen LogP contribution is -2.21. The van der Waals surface area contributed by atoms with Crippen molar-refractivity contribution in [3.8, 4) is 0 Å². The molecule has 7 nitrogen and oxygen atoms in total. The van der Waals surface area contributed by atoms with Crippen LogP contribution in [0.5, 0.6) is 0 Å². The first kappa shape index (κ1) is 13.1. The second kappa shape index (κ2) is 5.94. The van der Waals surface area contributed by atoms with E-state index in [0.717, 1.165) is 11.3 Å². The summed E-state index contributed by atoms with van der Waals surface area (Å²) in [5.41, 5.74) is 5.39. The SMILES string of the molecule is CCC(O/N=C(/[C]=O)c1csc(N)n1)C(=O)O. The number of rotatable bonds is 6. The number of nitrogens with two attached hydrogens (primary N) is 1. The number of aliphatic carboxylic acids is 1. The Morgan fingerprint density at radius 2 is 2.53 bits per heavy atom. The van der Waals surface area contributed by atoms with Gasteiger partial charge in [0.1, 0.15) is 5.69 Å². The molecule has 0 aliphatic rings. The van der Waals surface area contributed by atoms with Crippen molar-refractivity contribution in [2.45, 2.75) is 19.4 Å². The predicted octanol–water partition coefficient (Wildman–Crippen LogP) is 0.419. The minimum atomic E-state index is -1.15. The Morgan fingerprint density at radius 1 is 1.82 bits per heavy atom. The molecule has 3 N–H and O–H groups in total. The molecule has 91 valence electrons. The first-order valence-corrected chi connectivity index (χ1v) is 5.52. The predicted molar refractivity (Wildman–Crippen MR) is 61.6 cm³/mol. The van der Waals surface area contributed by atoms with Gasteiger partial charge in [0, 0.05) is 5.38 Å². The summed E-state index contributed by atoms with van der Waals surface area (Å²) in [5, 5.41) is 13.9. The van der Waals surface area contributed by atoms with Crippen LogP contribution in [-0.2, 0) is 14.4 Å². The molecule has 1 unspecified atom stereocenters. The lowest BCUT2D eigenvalue weighted by Gasteiger charge is -2.06. The quantitative estimate of drug-likeness (QED) is 0.563. The summed E-state index contributed by atoms with van der Waals surface area (Å²) in [5.74, 6) is -1.15. The molecule has 1 aromatic rings. The van der Waals surface area contributed by atoms with Gasteiger partial charge in [0.2, 0.25) is 6.10 Å². The van der Waals surface area contributed by atoms with Gasteiger partial charge >= 0.3 is 5.97 Å². The van der Waals surface area contributed by atoms with Crippen LogP contribution in [0, 0.1) is 0 Å². The van der Waals surface area contributed by atoms with E-state index in [9.17, 15) is 9.59 Å². The number of carbonyl (C=O) groups is 1. The molecule has 0 amide bonds. The third kappa shape index (κ3) is 3.52. The van der Waals surface area contributed by atoms with Crippen molar-refractivity contribution >= 4 is 34.4 Å². The van der Waals surface area contributed by atoms with Gasteiger partial charge in [0.05, 0.1) is 0 Å². The van der Waals surface area contributed by atoms with Crippen LogP contribution in [0.25, 0.3) is 0 Å². The molecule has 1 atom stereocenters. The van der Waals surface area contributed by atoms with Crippen molar-refractivity contribution in [1.82, 2.24) is 4.98 Å². The summed E-state index contributed by atoms with van der Waals surface area (Å²) in [4.78, 5) is 29.8. The third-order valence-electron chi connectivity index (χ3n) is 1.78. The molecule has 0 aliphatic carbocycles. The minimum Gasteiger partial charge on any atom is -0.478 e. The van der Waals surface area contributed by atoms with Crippen molar-refractivity contribution in [2.24, 2.45) is 5.16 Å². The summed E-state index contributed by atoms with van der Waals surface area (Å²) in [6, 6.07) is 0. The van der Waals surface area contributed by atoms with E-state index < -0.39 is 12.1 Å². The Balaban J connectivity index is 2.80. The molecule has 0 fully saturated rings. The zero-order valence-electron chi connectivity index (χ0n) is 8.91. The molecule has 1 aromatic heterocycles. The number of hydrogen-bond donors (Lipinski definition) is 2. The summed E-state index contributed by atoms with van der Waals surface area (Å²) in [6.07, 6.45) is 0.645. The van der Waals surface area contributed by atoms with E-state index in [4.69, 9.17) is 15.7 Å². The highest BCUT2D eigenvalue weighted by molar-refractivity contribution is 7.13. The number of thiazole rings is 1. The maximum atomic E-state index is 10.6. The van der Waals surface area contributed by atoms with Crippen molar-refractivity contribution in [1.29, 1.82) is 0 Å². The molecule has 0 spiro atoms. The fraction of sp³-hybridized carbons (Fsp3) is 0.333. The summed E-state index contributed by atoms with van der Waals surface area (Å²) >= 11 is 1.13. The van der Waals surface area contributed by atoms with Gasteiger partial charge in [-0.1, -0.05) is 12.1 Å². The van der Waals surface area contributed by atoms with Gasteiger partial charge in [-0.15, -0.1) is 11.3 Å². The fourth-order valence-corrected chi connectivity index (χ4v) is 1.47. The van der Waals surface area contributed by atoms with Crippen molar-refractivity contribution in [3.05, 3.63) is 11.1 Å². The Kier molecular flexibility index (Phi) is 4.58. The van der Waals surface area contributed by atoms with Crippen molar-refractivity contribution in [2.75, 3.05) is 5.73 Å². The van der Waals surface area contributed by atoms with E-state index in [2.05, 4.69) is 10.1 Å². The Labute approximate surface area is 101 Å². The van der Waals surface area contributed by atoms with Gasteiger partial charge in [-0.2, -0.15) is 0 Å². The standard InChI is InChI=1S/C9H10N3O4S/c1-2-7(8(14)15)16-12-5(3-13)6-4-17-9(10)11-6/h4,7H,2H2,1H3,(H2,10,11)(H,14,15)/b12-5-. The maximum absolute atomic E-state index is 10.6. The topological polar surface area (TPSA) is 115 Å². The van der Waals surface area contributed by atoms with Gasteiger partial charge in [0.15, 0.2) is 10.8 Å². The Hall–Kier alpha value is -1.96. The highest BCUT2D eigenvalue weighted by Gasteiger charge is 2.17. The molecule has 0 saturated carbocycles. The van der Waals surface area contributed by atoms with Crippen LogP contribution in [0.15, 0.2) is 10.5 Å². The zero-order chi connectivity index (χ0) is 12.8. The van der Waals surface area contributed by atoms with Crippen LogP contribution in [0.2, 0.25) is 0 Å². The van der Waals surface area contributed by atoms with E-state index in [0.29, 0.717) is 0 Å². The van der Waals surface area contributed by atoms with Gasteiger partial charge in [0.25, 0.3) is 6.29 Å². The zero-order valence-corrected chi connectivity index (χ0v) is 9.73. The number of aromatic nitrogens is 1. The van der Waals surface area contributed by atoms with Crippen LogP contribution in [0.3, 0.4) is 0 Å². The van der Waals surface area contributed by atoms with Crippen LogP contribution in [-0.4, -0.2) is 34.2 Å². The van der Waals surface area contributed by atoms with Crippen LogP contribution >= 0.6 is 11.3 Å². The summed E-state index contributed by atoms with van der Waals surface area (Å²) < 4.78 is 0. The normalized spacial score (nSPS) is 13.1. The monoisotopic (exact) mass is 256 g/mol. The van der Waals surface area contributed by atoms with Gasteiger partial charge in [-0.05, 0) is 6.42 Å². The molecule has 17 heavy (non-hydrogen) atoms. The Bertz CT molecular complexity index is 443. The first-order chi connectivity index (χ1) is 8.08. The number of carboxylic acid groups (broad SMARTS) is 1. The third-order valence-corrected chi connectivity index (χ3v) is 2.45. The number of carboxylic acids is 1. The molecule has 8 heteroatoms. The van der Waals surface area contributed by atoms with E-state index in [-0.39, 0.29) is 23.0 Å². The van der Waals surface area contributed by atoms with Crippen molar-refractivity contribution < 1.29 is 19.5 Å². The second-order valence-electron chi connectivity index (χ2n) is 2.95. The number of anilines is 1. The van der Waals surface area contributed by atoms with E-state index in [1.807, 2.05) is 0 Å². The van der Waals surface area contributed by atoms with E-state index in [1.165, 1.54) is 11.7 Å². The van der Waals surface area contributed by atoms with Gasteiger partial charge in [-0.3, -0.25) is 4.79 Å². The highest BCUT2D eigenvalue weighted by atomic mass is 32.1. The molecular formula is C9H10N3O4S. The average molecular weight is 256 g/mol. The van der Waals surface area contributed by atoms with Gasteiger partial charge in [-0.25, -0.2) is 9.78 Å². The molecular weight excluding hydrogens is 246 g/mol. The molecule has 0 saturated heterocycles. The van der Waals surface area contributed by atoms with E-state index >= 15 is 0 Å². The number of hydrogen-bond acceptors (Lipinski definition) is 7. The summed E-state index contributed by atoms with van der Waals surface area (Å²) in [6.45, 7) is 1.62. The summed E-state index contributed by atoms with van der Waals surface area (Å²) in [7, 11) is 0. The molecule has 0 aromatic carbocycles. The second-order valence-corrected chi connectivity index (χ2v) is 3.84. The van der Waals surface area contributed by atoms with Crippen LogP contribution < -0.4 is 5.73 Å². The average Bonchev–Trinajstić information content (AvgIpc) is 2.71. The smallest absolute Gasteiger partial charge is 0.347 e. The minimum absolute atomic E-state index is 0.211. The maximum Gasteiger partial charge on any atom is 0.347 e. The van der Waals surface area contributed by atoms with Crippen molar-refractivity contribution in [3.63, 3.8) is 0 Å².